The number of hydrogen-bond donors (Lipinski definition) is 1. The predicted octanol–water partition coefficient (Wildman–Crippen LogP) is 3.36. The molecule has 2 rings (SSSR count). The van der Waals surface area contributed by atoms with Crippen LogP contribution in [0.2, 0.25) is 0 Å². The van der Waals surface area contributed by atoms with Gasteiger partial charge in [-0.1, -0.05) is 13.0 Å². The summed E-state index contributed by atoms with van der Waals surface area (Å²) in [7, 11) is 0. The Morgan fingerprint density at radius 2 is 2.32 bits per heavy atom. The van der Waals surface area contributed by atoms with E-state index in [9.17, 15) is 4.39 Å². The van der Waals surface area contributed by atoms with E-state index in [1.165, 1.54) is 17.4 Å². The lowest BCUT2D eigenvalue weighted by molar-refractivity contribution is 0.286. The Morgan fingerprint density at radius 3 is 3.00 bits per heavy atom. The number of halogens is 1. The maximum atomic E-state index is 13.8. The maximum absolute atomic E-state index is 13.8. The second kappa shape index (κ2) is 7.21. The molecule has 0 amide bonds. The fourth-order valence-electron chi connectivity index (χ4n) is 1.64. The van der Waals surface area contributed by atoms with Crippen LogP contribution in [0.3, 0.4) is 0 Å². The summed E-state index contributed by atoms with van der Waals surface area (Å²) in [5, 5.41) is 5.13. The van der Waals surface area contributed by atoms with Crippen LogP contribution >= 0.6 is 11.3 Å². The van der Waals surface area contributed by atoms with Crippen molar-refractivity contribution in [3.63, 3.8) is 0 Å². The van der Waals surface area contributed by atoms with Crippen LogP contribution in [0.15, 0.2) is 29.1 Å². The van der Waals surface area contributed by atoms with Crippen LogP contribution in [-0.2, 0) is 13.2 Å². The molecule has 1 aromatic heterocycles. The Bertz CT molecular complexity index is 502. The zero-order valence-corrected chi connectivity index (χ0v) is 11.7. The van der Waals surface area contributed by atoms with Crippen molar-refractivity contribution in [3.05, 3.63) is 46.2 Å². The van der Waals surface area contributed by atoms with E-state index in [2.05, 4.69) is 17.2 Å². The smallest absolute Gasteiger partial charge is 0.165 e. The summed E-state index contributed by atoms with van der Waals surface area (Å²) in [6, 6.07) is 5.06. The summed E-state index contributed by atoms with van der Waals surface area (Å²) in [6.45, 7) is 4.01. The number of hydrogen-bond acceptors (Lipinski definition) is 4. The number of aromatic nitrogens is 1. The first-order valence-electron chi connectivity index (χ1n) is 6.28. The van der Waals surface area contributed by atoms with Gasteiger partial charge in [0, 0.05) is 11.9 Å². The summed E-state index contributed by atoms with van der Waals surface area (Å²) in [4.78, 5) is 4.09. The molecule has 19 heavy (non-hydrogen) atoms. The van der Waals surface area contributed by atoms with Gasteiger partial charge >= 0.3 is 0 Å². The van der Waals surface area contributed by atoms with Gasteiger partial charge in [-0.3, -0.25) is 0 Å². The van der Waals surface area contributed by atoms with Gasteiger partial charge in [-0.25, -0.2) is 9.37 Å². The van der Waals surface area contributed by atoms with Crippen molar-refractivity contribution in [2.24, 2.45) is 0 Å². The first-order valence-corrected chi connectivity index (χ1v) is 7.23. The number of benzene rings is 1. The molecule has 0 aliphatic rings. The Kier molecular flexibility index (Phi) is 5.30. The van der Waals surface area contributed by atoms with Crippen molar-refractivity contribution >= 4 is 11.3 Å². The normalized spacial score (nSPS) is 10.6. The quantitative estimate of drug-likeness (QED) is 0.790. The zero-order chi connectivity index (χ0) is 13.5. The van der Waals surface area contributed by atoms with Gasteiger partial charge in [0.15, 0.2) is 11.6 Å². The molecule has 5 heteroatoms. The van der Waals surface area contributed by atoms with Crippen LogP contribution in [0.4, 0.5) is 4.39 Å². The van der Waals surface area contributed by atoms with E-state index in [4.69, 9.17) is 4.74 Å². The van der Waals surface area contributed by atoms with Crippen LogP contribution < -0.4 is 10.1 Å². The first kappa shape index (κ1) is 14.0. The van der Waals surface area contributed by atoms with Crippen LogP contribution in [0.5, 0.6) is 5.75 Å². The van der Waals surface area contributed by atoms with Crippen molar-refractivity contribution in [1.29, 1.82) is 0 Å². The molecule has 0 unspecified atom stereocenters. The molecule has 2 aromatic rings. The largest absolute Gasteiger partial charge is 0.484 e. The molecule has 0 saturated carbocycles. The molecule has 1 aromatic carbocycles. The van der Waals surface area contributed by atoms with Crippen molar-refractivity contribution < 1.29 is 9.13 Å². The van der Waals surface area contributed by atoms with Crippen LogP contribution in [0.25, 0.3) is 0 Å². The van der Waals surface area contributed by atoms with E-state index in [0.717, 1.165) is 24.2 Å². The van der Waals surface area contributed by atoms with Gasteiger partial charge in [0.2, 0.25) is 0 Å². The number of thiazole rings is 1. The molecule has 102 valence electrons. The molecule has 0 aliphatic carbocycles. The number of rotatable bonds is 7. The summed E-state index contributed by atoms with van der Waals surface area (Å²) >= 11 is 1.50. The third kappa shape index (κ3) is 4.29. The number of nitrogens with one attached hydrogen (secondary N) is 1. The first-order chi connectivity index (χ1) is 9.29. The summed E-state index contributed by atoms with van der Waals surface area (Å²) in [5.74, 6) is -0.0572. The maximum Gasteiger partial charge on any atom is 0.165 e. The highest BCUT2D eigenvalue weighted by atomic mass is 32.1. The third-order valence-electron chi connectivity index (χ3n) is 2.61. The SMILES string of the molecule is CCCNCc1ccc(OCc2cscn2)c(F)c1. The molecule has 0 spiro atoms. The molecule has 0 saturated heterocycles. The van der Waals surface area contributed by atoms with Gasteiger partial charge < -0.3 is 10.1 Å². The van der Waals surface area contributed by atoms with Gasteiger partial charge in [-0.05, 0) is 30.7 Å². The van der Waals surface area contributed by atoms with Crippen molar-refractivity contribution in [2.45, 2.75) is 26.5 Å². The zero-order valence-electron chi connectivity index (χ0n) is 10.9. The summed E-state index contributed by atoms with van der Waals surface area (Å²) < 4.78 is 19.2. The van der Waals surface area contributed by atoms with Gasteiger partial charge in [-0.15, -0.1) is 11.3 Å². The second-order valence-corrected chi connectivity index (χ2v) is 4.93. The highest BCUT2D eigenvalue weighted by molar-refractivity contribution is 7.07. The lowest BCUT2D eigenvalue weighted by Gasteiger charge is -2.08. The Labute approximate surface area is 116 Å². The molecule has 0 atom stereocenters. The fourth-order valence-corrected chi connectivity index (χ4v) is 2.18. The van der Waals surface area contributed by atoms with E-state index in [1.807, 2.05) is 11.4 Å². The van der Waals surface area contributed by atoms with Crippen molar-refractivity contribution in [3.8, 4) is 5.75 Å². The van der Waals surface area contributed by atoms with Crippen LogP contribution in [-0.4, -0.2) is 11.5 Å². The Hall–Kier alpha value is -1.46. The molecule has 0 aliphatic heterocycles. The Morgan fingerprint density at radius 1 is 1.42 bits per heavy atom. The monoisotopic (exact) mass is 280 g/mol. The summed E-state index contributed by atoms with van der Waals surface area (Å²) in [6.07, 6.45) is 1.07. The number of ether oxygens (including phenoxy) is 1. The predicted molar refractivity (Wildman–Crippen MR) is 74.8 cm³/mol. The van der Waals surface area contributed by atoms with Gasteiger partial charge in [0.05, 0.1) is 11.2 Å². The van der Waals surface area contributed by atoms with Crippen LogP contribution in [0.1, 0.15) is 24.6 Å². The molecular formula is C14H17FN2OS. The number of nitrogens with zero attached hydrogens (tertiary/aromatic N) is 1. The highest BCUT2D eigenvalue weighted by Crippen LogP contribution is 2.19. The standard InChI is InChI=1S/C14H17FN2OS/c1-2-5-16-7-11-3-4-14(13(15)6-11)18-8-12-9-19-10-17-12/h3-4,6,9-10,16H,2,5,7-8H2,1H3. The highest BCUT2D eigenvalue weighted by Gasteiger charge is 2.05. The lowest BCUT2D eigenvalue weighted by Crippen LogP contribution is -2.13. The molecule has 0 bridgehead atoms. The Balaban J connectivity index is 1.91. The minimum absolute atomic E-state index is 0.271. The van der Waals surface area contributed by atoms with E-state index >= 15 is 0 Å². The van der Waals surface area contributed by atoms with E-state index < -0.39 is 0 Å². The van der Waals surface area contributed by atoms with E-state index in [1.54, 1.807) is 11.6 Å². The molecular weight excluding hydrogens is 263 g/mol. The summed E-state index contributed by atoms with van der Waals surface area (Å²) in [5.41, 5.74) is 3.47. The van der Waals surface area contributed by atoms with Crippen LogP contribution in [0, 0.1) is 5.82 Å². The van der Waals surface area contributed by atoms with Gasteiger partial charge in [0.25, 0.3) is 0 Å². The van der Waals surface area contributed by atoms with E-state index in [-0.39, 0.29) is 11.6 Å². The third-order valence-corrected chi connectivity index (χ3v) is 3.25. The van der Waals surface area contributed by atoms with Gasteiger partial charge in [0.1, 0.15) is 6.61 Å². The van der Waals surface area contributed by atoms with Gasteiger partial charge in [-0.2, -0.15) is 0 Å². The van der Waals surface area contributed by atoms with Crippen molar-refractivity contribution in [2.75, 3.05) is 6.54 Å². The average molecular weight is 280 g/mol. The molecule has 1 N–H and O–H groups in total. The second-order valence-electron chi connectivity index (χ2n) is 4.21. The van der Waals surface area contributed by atoms with Crippen molar-refractivity contribution in [1.82, 2.24) is 10.3 Å². The average Bonchev–Trinajstić information content (AvgIpc) is 2.91. The minimum Gasteiger partial charge on any atom is -0.484 e. The fraction of sp³-hybridized carbons (Fsp3) is 0.357. The van der Waals surface area contributed by atoms with E-state index in [0.29, 0.717) is 13.2 Å². The molecule has 0 radical (unpaired) electrons. The molecule has 1 heterocycles. The molecule has 0 fully saturated rings. The lowest BCUT2D eigenvalue weighted by atomic mass is 10.2. The topological polar surface area (TPSA) is 34.1 Å². The molecule has 3 nitrogen and oxygen atoms in total. The minimum atomic E-state index is -0.328.